The third kappa shape index (κ3) is 2.56. The summed E-state index contributed by atoms with van der Waals surface area (Å²) in [5.41, 5.74) is -0.0868. The molecule has 1 fully saturated rings. The summed E-state index contributed by atoms with van der Waals surface area (Å²) in [7, 11) is 0. The smallest absolute Gasteiger partial charge is 0.349 e. The topological polar surface area (TPSA) is 70.8 Å². The molecule has 2 unspecified atom stereocenters. The lowest BCUT2D eigenvalue weighted by molar-refractivity contribution is 0.0295. The Labute approximate surface area is 121 Å². The maximum atomic E-state index is 12.5. The number of aliphatic hydroxyl groups is 1. The van der Waals surface area contributed by atoms with Crippen molar-refractivity contribution in [1.82, 2.24) is 4.90 Å². The number of hydrogen-bond acceptors (Lipinski definition) is 4. The second kappa shape index (κ2) is 5.33. The predicted octanol–water partition coefficient (Wildman–Crippen LogP) is 1.64. The second-order valence-corrected chi connectivity index (χ2v) is 5.57. The van der Waals surface area contributed by atoms with Crippen molar-refractivity contribution in [2.45, 2.75) is 19.4 Å². The fourth-order valence-electron chi connectivity index (χ4n) is 2.70. The fourth-order valence-corrected chi connectivity index (χ4v) is 2.70. The van der Waals surface area contributed by atoms with Crippen molar-refractivity contribution in [3.8, 4) is 0 Å². The van der Waals surface area contributed by atoms with Crippen molar-refractivity contribution in [2.24, 2.45) is 5.92 Å². The molecule has 1 aliphatic heterocycles. The van der Waals surface area contributed by atoms with Crippen LogP contribution in [0, 0.1) is 5.92 Å². The third-order valence-corrected chi connectivity index (χ3v) is 4.02. The van der Waals surface area contributed by atoms with Crippen molar-refractivity contribution in [1.29, 1.82) is 0 Å². The Kier molecular flexibility index (Phi) is 3.51. The fraction of sp³-hybridized carbons (Fsp3) is 0.375. The predicted molar refractivity (Wildman–Crippen MR) is 78.2 cm³/mol. The summed E-state index contributed by atoms with van der Waals surface area (Å²) in [6, 6.07) is 8.69. The number of amides is 1. The molecule has 0 spiro atoms. The summed E-state index contributed by atoms with van der Waals surface area (Å²) in [5, 5.41) is 10.5. The monoisotopic (exact) mass is 287 g/mol. The van der Waals surface area contributed by atoms with Gasteiger partial charge in [-0.05, 0) is 24.5 Å². The highest BCUT2D eigenvalue weighted by atomic mass is 16.4. The van der Waals surface area contributed by atoms with Crippen LogP contribution in [0.3, 0.4) is 0 Å². The molecule has 21 heavy (non-hydrogen) atoms. The van der Waals surface area contributed by atoms with Crippen molar-refractivity contribution < 1.29 is 14.3 Å². The van der Waals surface area contributed by atoms with Crippen LogP contribution in [0.25, 0.3) is 11.0 Å². The van der Waals surface area contributed by atoms with E-state index in [0.29, 0.717) is 25.1 Å². The number of hydrogen-bond donors (Lipinski definition) is 1. The minimum atomic E-state index is -0.613. The first-order valence-electron chi connectivity index (χ1n) is 7.06. The molecule has 110 valence electrons. The molecule has 1 N–H and O–H groups in total. The van der Waals surface area contributed by atoms with Crippen molar-refractivity contribution in [3.05, 3.63) is 46.3 Å². The Morgan fingerprint density at radius 3 is 2.90 bits per heavy atom. The van der Waals surface area contributed by atoms with E-state index in [4.69, 9.17) is 4.42 Å². The molecule has 5 nitrogen and oxygen atoms in total. The maximum absolute atomic E-state index is 12.5. The number of nitrogens with zero attached hydrogens (tertiary/aromatic N) is 1. The highest BCUT2D eigenvalue weighted by molar-refractivity contribution is 5.96. The Morgan fingerprint density at radius 1 is 1.38 bits per heavy atom. The number of aliphatic hydroxyl groups excluding tert-OH is 1. The number of likely N-dealkylation sites (tertiary alicyclic amines) is 1. The van der Waals surface area contributed by atoms with Crippen LogP contribution >= 0.6 is 0 Å². The van der Waals surface area contributed by atoms with Gasteiger partial charge in [0.25, 0.3) is 5.91 Å². The van der Waals surface area contributed by atoms with Crippen molar-refractivity contribution in [2.75, 3.05) is 13.1 Å². The van der Waals surface area contributed by atoms with E-state index < -0.39 is 5.63 Å². The van der Waals surface area contributed by atoms with Gasteiger partial charge < -0.3 is 14.4 Å². The van der Waals surface area contributed by atoms with E-state index in [1.807, 2.05) is 13.0 Å². The third-order valence-electron chi connectivity index (χ3n) is 4.02. The van der Waals surface area contributed by atoms with Crippen LogP contribution in [0.5, 0.6) is 0 Å². The number of rotatable bonds is 1. The van der Waals surface area contributed by atoms with Crippen LogP contribution in [-0.2, 0) is 0 Å². The first-order chi connectivity index (χ1) is 10.1. The van der Waals surface area contributed by atoms with Crippen molar-refractivity contribution >= 4 is 16.9 Å². The molecule has 2 aromatic rings. The summed E-state index contributed by atoms with van der Waals surface area (Å²) < 4.78 is 5.20. The number of piperidine rings is 1. The minimum absolute atomic E-state index is 0.00944. The van der Waals surface area contributed by atoms with E-state index in [9.17, 15) is 14.7 Å². The molecular weight excluding hydrogens is 270 g/mol. The normalized spacial score (nSPS) is 22.5. The van der Waals surface area contributed by atoms with Gasteiger partial charge in [0.05, 0.1) is 6.10 Å². The number of para-hydroxylation sites is 1. The summed E-state index contributed by atoms with van der Waals surface area (Å²) in [6.07, 6.45) is 0.147. The quantitative estimate of drug-likeness (QED) is 0.809. The molecule has 1 saturated heterocycles. The largest absolute Gasteiger partial charge is 0.422 e. The molecular formula is C16H17NO4. The highest BCUT2D eigenvalue weighted by Gasteiger charge is 2.29. The standard InChI is InChI=1S/C16H17NO4/c1-10-9-17(7-6-13(10)18)15(19)12-8-11-4-2-3-5-14(11)21-16(12)20/h2-5,8,10,13,18H,6-7,9H2,1H3. The molecule has 3 rings (SSSR count). The zero-order valence-electron chi connectivity index (χ0n) is 11.8. The average molecular weight is 287 g/mol. The zero-order valence-corrected chi connectivity index (χ0v) is 11.8. The molecule has 5 heteroatoms. The summed E-state index contributed by atoms with van der Waals surface area (Å²) >= 11 is 0. The molecule has 0 aliphatic carbocycles. The summed E-state index contributed by atoms with van der Waals surface area (Å²) in [4.78, 5) is 26.1. The molecule has 1 amide bonds. The van der Waals surface area contributed by atoms with Gasteiger partial charge in [-0.1, -0.05) is 25.1 Å². The van der Waals surface area contributed by atoms with E-state index in [-0.39, 0.29) is 23.5 Å². The van der Waals surface area contributed by atoms with Gasteiger partial charge in [0.15, 0.2) is 0 Å². The van der Waals surface area contributed by atoms with Gasteiger partial charge in [-0.3, -0.25) is 4.79 Å². The average Bonchev–Trinajstić information content (AvgIpc) is 2.48. The van der Waals surface area contributed by atoms with Crippen LogP contribution < -0.4 is 5.63 Å². The van der Waals surface area contributed by atoms with Gasteiger partial charge in [0.1, 0.15) is 11.1 Å². The second-order valence-electron chi connectivity index (χ2n) is 5.57. The molecule has 2 atom stereocenters. The Morgan fingerprint density at radius 2 is 2.14 bits per heavy atom. The van der Waals surface area contributed by atoms with Crippen LogP contribution in [0.1, 0.15) is 23.7 Å². The lowest BCUT2D eigenvalue weighted by atomic mass is 9.96. The summed E-state index contributed by atoms with van der Waals surface area (Å²) in [5.74, 6) is -0.316. The molecule has 1 aromatic heterocycles. The van der Waals surface area contributed by atoms with Crippen LogP contribution in [-0.4, -0.2) is 35.1 Å². The molecule has 1 aliphatic rings. The van der Waals surface area contributed by atoms with E-state index >= 15 is 0 Å². The molecule has 0 saturated carbocycles. The van der Waals surface area contributed by atoms with Gasteiger partial charge in [-0.2, -0.15) is 0 Å². The molecule has 0 radical (unpaired) electrons. The number of carbonyl (C=O) groups is 1. The first kappa shape index (κ1) is 13.8. The van der Waals surface area contributed by atoms with E-state index in [0.717, 1.165) is 5.39 Å². The molecule has 1 aromatic carbocycles. The van der Waals surface area contributed by atoms with Gasteiger partial charge in [-0.25, -0.2) is 4.79 Å². The van der Waals surface area contributed by atoms with Gasteiger partial charge in [0, 0.05) is 18.5 Å². The van der Waals surface area contributed by atoms with Gasteiger partial charge >= 0.3 is 5.63 Å². The van der Waals surface area contributed by atoms with Crippen LogP contribution in [0.2, 0.25) is 0 Å². The lowest BCUT2D eigenvalue weighted by Crippen LogP contribution is -2.45. The highest BCUT2D eigenvalue weighted by Crippen LogP contribution is 2.19. The Bertz CT molecular complexity index is 736. The number of carbonyl (C=O) groups excluding carboxylic acids is 1. The molecule has 2 heterocycles. The SMILES string of the molecule is CC1CN(C(=O)c2cc3ccccc3oc2=O)CCC1O. The number of fused-ring (bicyclic) bond motifs is 1. The van der Waals surface area contributed by atoms with Crippen LogP contribution in [0.4, 0.5) is 0 Å². The van der Waals surface area contributed by atoms with Gasteiger partial charge in [-0.15, -0.1) is 0 Å². The Hall–Kier alpha value is -2.14. The van der Waals surface area contributed by atoms with E-state index in [1.165, 1.54) is 0 Å². The van der Waals surface area contributed by atoms with E-state index in [2.05, 4.69) is 0 Å². The lowest BCUT2D eigenvalue weighted by Gasteiger charge is -2.34. The molecule has 0 bridgehead atoms. The minimum Gasteiger partial charge on any atom is -0.422 e. The van der Waals surface area contributed by atoms with E-state index in [1.54, 1.807) is 29.2 Å². The van der Waals surface area contributed by atoms with Crippen molar-refractivity contribution in [3.63, 3.8) is 0 Å². The van der Waals surface area contributed by atoms with Crippen LogP contribution in [0.15, 0.2) is 39.5 Å². The zero-order chi connectivity index (χ0) is 15.0. The number of benzene rings is 1. The first-order valence-corrected chi connectivity index (χ1v) is 7.06. The Balaban J connectivity index is 1.94. The summed E-state index contributed by atoms with van der Waals surface area (Å²) in [6.45, 7) is 2.80. The maximum Gasteiger partial charge on any atom is 0.349 e. The van der Waals surface area contributed by atoms with Gasteiger partial charge in [0.2, 0.25) is 0 Å².